The lowest BCUT2D eigenvalue weighted by Crippen LogP contribution is -2.45. The van der Waals surface area contributed by atoms with Gasteiger partial charge >= 0.3 is 35.4 Å². The van der Waals surface area contributed by atoms with E-state index in [-0.39, 0.29) is 12.5 Å². The highest BCUT2D eigenvalue weighted by molar-refractivity contribution is 6.80. The molecule has 0 radical (unpaired) electrons. The molecule has 16 heteroatoms. The second-order valence-corrected chi connectivity index (χ2v) is 7.59. The molecule has 0 N–H and O–H groups in total. The van der Waals surface area contributed by atoms with Crippen molar-refractivity contribution in [1.82, 2.24) is 9.88 Å². The van der Waals surface area contributed by atoms with Gasteiger partial charge in [-0.2, -0.15) is 26.3 Å². The summed E-state index contributed by atoms with van der Waals surface area (Å²) < 4.78 is 90.9. The van der Waals surface area contributed by atoms with Crippen LogP contribution in [-0.2, 0) is 28.7 Å². The fourth-order valence-electron chi connectivity index (χ4n) is 2.86. The number of aromatic nitrogens is 1. The van der Waals surface area contributed by atoms with Gasteiger partial charge in [0.2, 0.25) is 0 Å². The number of likely N-dealkylation sites (tertiary alicyclic amines) is 1. The monoisotopic (exact) mass is 538 g/mol. The standard InChI is InChI=1S/C15H16F4N2O3.C4H2ClF3O3/c1-9-2-3-12(10-4-11(16)6-20-5-10)21(7-9)13(22)14(23)24-8-15(17,18)19;5-2(9)3(10)11-1-4(6,7)8/h4-6,9,12H,2-3,7-8H2,1H3;1H2. The first-order valence-electron chi connectivity index (χ1n) is 9.58. The van der Waals surface area contributed by atoms with Crippen molar-refractivity contribution in [2.45, 2.75) is 38.2 Å². The fraction of sp³-hybridized carbons (Fsp3) is 0.526. The number of carbonyl (C=O) groups excluding carboxylic acids is 4. The number of esters is 2. The lowest BCUT2D eigenvalue weighted by Gasteiger charge is -2.38. The molecule has 1 aromatic rings. The largest absolute Gasteiger partial charge is 0.449 e. The summed E-state index contributed by atoms with van der Waals surface area (Å²) in [5.74, 6) is -4.99. The molecule has 0 spiro atoms. The highest BCUT2D eigenvalue weighted by Gasteiger charge is 2.37. The van der Waals surface area contributed by atoms with Crippen molar-refractivity contribution in [3.63, 3.8) is 0 Å². The third kappa shape index (κ3) is 11.3. The number of piperidine rings is 1. The van der Waals surface area contributed by atoms with Crippen LogP contribution in [0.2, 0.25) is 0 Å². The summed E-state index contributed by atoms with van der Waals surface area (Å²) in [6.07, 6.45) is -5.81. The molecular weight excluding hydrogens is 521 g/mol. The molecule has 2 rings (SSSR count). The highest BCUT2D eigenvalue weighted by Crippen LogP contribution is 2.33. The molecule has 35 heavy (non-hydrogen) atoms. The minimum atomic E-state index is -4.71. The van der Waals surface area contributed by atoms with E-state index in [0.29, 0.717) is 12.0 Å². The molecule has 1 saturated heterocycles. The maximum absolute atomic E-state index is 13.4. The Morgan fingerprint density at radius 3 is 2.03 bits per heavy atom. The number of ether oxygens (including phenoxy) is 2. The average Bonchev–Trinajstić information content (AvgIpc) is 2.74. The molecule has 1 aliphatic rings. The van der Waals surface area contributed by atoms with Gasteiger partial charge in [-0.25, -0.2) is 14.0 Å². The van der Waals surface area contributed by atoms with Gasteiger partial charge in [0.15, 0.2) is 13.2 Å². The van der Waals surface area contributed by atoms with Crippen molar-refractivity contribution in [3.8, 4) is 0 Å². The summed E-state index contributed by atoms with van der Waals surface area (Å²) in [4.78, 5) is 48.4. The van der Waals surface area contributed by atoms with E-state index in [9.17, 15) is 49.9 Å². The van der Waals surface area contributed by atoms with Crippen LogP contribution in [0.1, 0.15) is 31.4 Å². The number of hydrogen-bond donors (Lipinski definition) is 0. The van der Waals surface area contributed by atoms with Crippen LogP contribution in [0.3, 0.4) is 0 Å². The minimum absolute atomic E-state index is 0.0575. The van der Waals surface area contributed by atoms with Crippen molar-refractivity contribution in [1.29, 1.82) is 0 Å². The third-order valence-electron chi connectivity index (χ3n) is 4.26. The fourth-order valence-corrected chi connectivity index (χ4v) is 2.92. The molecule has 1 aliphatic heterocycles. The Balaban J connectivity index is 0.000000471. The van der Waals surface area contributed by atoms with Crippen LogP contribution in [0, 0.1) is 11.7 Å². The Morgan fingerprint density at radius 2 is 1.54 bits per heavy atom. The van der Waals surface area contributed by atoms with E-state index >= 15 is 0 Å². The van der Waals surface area contributed by atoms with Crippen LogP contribution in [0.5, 0.6) is 0 Å². The topological polar surface area (TPSA) is 103 Å². The van der Waals surface area contributed by atoms with Gasteiger partial charge in [0.25, 0.3) is 0 Å². The number of rotatable bonds is 4. The Morgan fingerprint density at radius 1 is 1.00 bits per heavy atom. The van der Waals surface area contributed by atoms with Crippen LogP contribution in [0.15, 0.2) is 18.5 Å². The number of amides is 1. The highest BCUT2D eigenvalue weighted by atomic mass is 35.5. The van der Waals surface area contributed by atoms with Gasteiger partial charge in [0, 0.05) is 12.7 Å². The van der Waals surface area contributed by atoms with Crippen LogP contribution in [0.4, 0.5) is 30.7 Å². The molecule has 2 unspecified atom stereocenters. The molecule has 1 aromatic heterocycles. The van der Waals surface area contributed by atoms with E-state index in [2.05, 4.69) is 26.1 Å². The van der Waals surface area contributed by atoms with Crippen LogP contribution in [-0.4, -0.2) is 65.1 Å². The molecule has 0 bridgehead atoms. The van der Waals surface area contributed by atoms with E-state index in [0.717, 1.165) is 17.5 Å². The summed E-state index contributed by atoms with van der Waals surface area (Å²) in [7, 11) is 0. The summed E-state index contributed by atoms with van der Waals surface area (Å²) >= 11 is 4.48. The van der Waals surface area contributed by atoms with E-state index in [4.69, 9.17) is 0 Å². The molecule has 196 valence electrons. The van der Waals surface area contributed by atoms with Crippen molar-refractivity contribution in [2.75, 3.05) is 19.8 Å². The maximum Gasteiger partial charge on any atom is 0.422 e. The third-order valence-corrected chi connectivity index (χ3v) is 4.41. The van der Waals surface area contributed by atoms with Crippen LogP contribution < -0.4 is 0 Å². The smallest absolute Gasteiger partial charge is 0.422 e. The lowest BCUT2D eigenvalue weighted by molar-refractivity contribution is -0.190. The lowest BCUT2D eigenvalue weighted by atomic mass is 9.90. The van der Waals surface area contributed by atoms with E-state index in [1.54, 1.807) is 0 Å². The zero-order valence-electron chi connectivity index (χ0n) is 17.8. The van der Waals surface area contributed by atoms with Crippen molar-refractivity contribution < 1.29 is 59.4 Å². The molecule has 2 heterocycles. The van der Waals surface area contributed by atoms with Gasteiger partial charge in [-0.3, -0.25) is 14.6 Å². The summed E-state index contributed by atoms with van der Waals surface area (Å²) in [5, 5.41) is -1.57. The number of halogens is 8. The Kier molecular flexibility index (Phi) is 10.9. The number of alkyl halides is 6. The number of nitrogens with zero attached hydrogens (tertiary/aromatic N) is 2. The van der Waals surface area contributed by atoms with Gasteiger partial charge in [-0.15, -0.1) is 0 Å². The Bertz CT molecular complexity index is 926. The summed E-state index contributed by atoms with van der Waals surface area (Å²) in [6, 6.07) is 0.560. The van der Waals surface area contributed by atoms with Gasteiger partial charge in [0.1, 0.15) is 5.82 Å². The van der Waals surface area contributed by atoms with Gasteiger partial charge in [-0.05, 0) is 42.0 Å². The van der Waals surface area contributed by atoms with Crippen molar-refractivity contribution >= 4 is 34.7 Å². The molecule has 0 aromatic carbocycles. The number of hydrogen-bond acceptors (Lipinski definition) is 7. The predicted molar refractivity (Wildman–Crippen MR) is 102 cm³/mol. The molecule has 1 amide bonds. The Labute approximate surface area is 198 Å². The first-order valence-corrected chi connectivity index (χ1v) is 9.96. The summed E-state index contributed by atoms with van der Waals surface area (Å²) in [5.41, 5.74) is 0.388. The van der Waals surface area contributed by atoms with Gasteiger partial charge in [-0.1, -0.05) is 6.92 Å². The quantitative estimate of drug-likeness (QED) is 0.250. The second-order valence-electron chi connectivity index (χ2n) is 7.25. The van der Waals surface area contributed by atoms with Crippen molar-refractivity contribution in [2.24, 2.45) is 5.92 Å². The normalized spacial score (nSPS) is 18.1. The SMILES string of the molecule is CC1CCC(c2cncc(F)c2)N(C(=O)C(=O)OCC(F)(F)F)C1.O=C(Cl)C(=O)OCC(F)(F)F. The Hall–Kier alpha value is -2.97. The number of pyridine rings is 1. The molecule has 0 saturated carbocycles. The van der Waals surface area contributed by atoms with E-state index in [1.165, 1.54) is 12.3 Å². The average molecular weight is 539 g/mol. The first kappa shape index (κ1) is 30.1. The maximum atomic E-state index is 13.4. The summed E-state index contributed by atoms with van der Waals surface area (Å²) in [6.45, 7) is -1.61. The van der Waals surface area contributed by atoms with Crippen molar-refractivity contribution in [3.05, 3.63) is 29.8 Å². The minimum Gasteiger partial charge on any atom is -0.449 e. The van der Waals surface area contributed by atoms with Gasteiger partial charge < -0.3 is 14.4 Å². The van der Waals surface area contributed by atoms with Crippen LogP contribution >= 0.6 is 11.6 Å². The molecular formula is C19H18ClF7N2O6. The number of carbonyl (C=O) groups is 4. The first-order chi connectivity index (χ1) is 16.0. The second kappa shape index (κ2) is 12.7. The zero-order chi connectivity index (χ0) is 27.0. The van der Waals surface area contributed by atoms with E-state index < -0.39 is 60.5 Å². The molecule has 2 atom stereocenters. The zero-order valence-corrected chi connectivity index (χ0v) is 18.5. The van der Waals surface area contributed by atoms with Crippen LogP contribution in [0.25, 0.3) is 0 Å². The molecule has 8 nitrogen and oxygen atoms in total. The van der Waals surface area contributed by atoms with Gasteiger partial charge in [0.05, 0.1) is 12.2 Å². The van der Waals surface area contributed by atoms with E-state index in [1.807, 2.05) is 6.92 Å². The molecule has 0 aliphatic carbocycles. The predicted octanol–water partition coefficient (Wildman–Crippen LogP) is 3.48. The molecule has 1 fully saturated rings.